The van der Waals surface area contributed by atoms with Gasteiger partial charge in [0.2, 0.25) is 10.0 Å². The molecule has 2 rings (SSSR count). The lowest BCUT2D eigenvalue weighted by Gasteiger charge is -2.35. The second-order valence-corrected chi connectivity index (χ2v) is 7.33. The quantitative estimate of drug-likeness (QED) is 0.662. The number of anilines is 1. The summed E-state index contributed by atoms with van der Waals surface area (Å²) >= 11 is 0. The highest BCUT2D eigenvalue weighted by molar-refractivity contribution is 7.89. The van der Waals surface area contributed by atoms with Gasteiger partial charge in [0.1, 0.15) is 16.8 Å². The Labute approximate surface area is 150 Å². The normalized spacial score (nSPS) is 17.8. The van der Waals surface area contributed by atoms with E-state index in [1.165, 1.54) is 17.2 Å². The zero-order chi connectivity index (χ0) is 18.0. The predicted molar refractivity (Wildman–Crippen MR) is 90.1 cm³/mol. The second-order valence-electron chi connectivity index (χ2n) is 5.59. The number of hydrogen-bond acceptors (Lipinski definition) is 6. The van der Waals surface area contributed by atoms with Gasteiger partial charge >= 0.3 is 6.18 Å². The first-order chi connectivity index (χ1) is 11.1. The van der Waals surface area contributed by atoms with Crippen molar-refractivity contribution >= 4 is 28.2 Å². The number of hydrogen-bond donors (Lipinski definition) is 3. The maximum Gasteiger partial charge on any atom is 0.405 e. The molecular weight excluding hydrogens is 383 g/mol. The molecule has 1 aliphatic rings. The summed E-state index contributed by atoms with van der Waals surface area (Å²) in [4.78, 5) is 4.63. The highest BCUT2D eigenvalue weighted by atomic mass is 35.5. The Hall–Kier alpha value is -1.14. The highest BCUT2D eigenvalue weighted by Crippen LogP contribution is 2.25. The molecule has 1 aliphatic heterocycles. The van der Waals surface area contributed by atoms with Gasteiger partial charge in [-0.1, -0.05) is 0 Å². The molecule has 7 nitrogen and oxygen atoms in total. The van der Waals surface area contributed by atoms with Crippen molar-refractivity contribution in [2.24, 2.45) is 0 Å². The molecule has 0 spiro atoms. The van der Waals surface area contributed by atoms with Gasteiger partial charge in [-0.25, -0.2) is 18.1 Å². The van der Waals surface area contributed by atoms with E-state index in [4.69, 9.17) is 5.73 Å². The Morgan fingerprint density at radius 3 is 2.56 bits per heavy atom. The van der Waals surface area contributed by atoms with E-state index >= 15 is 0 Å². The van der Waals surface area contributed by atoms with Crippen molar-refractivity contribution in [1.29, 1.82) is 0 Å². The zero-order valence-corrected chi connectivity index (χ0v) is 15.1. The van der Waals surface area contributed by atoms with E-state index in [9.17, 15) is 21.6 Å². The molecule has 0 amide bonds. The number of nitrogens with two attached hydrogens (primary N) is 1. The van der Waals surface area contributed by atoms with Crippen LogP contribution in [0.1, 0.15) is 5.56 Å². The number of sulfonamides is 1. The molecule has 0 saturated carbocycles. The lowest BCUT2D eigenvalue weighted by molar-refractivity contribution is -0.182. The fourth-order valence-corrected chi connectivity index (χ4v) is 3.68. The largest absolute Gasteiger partial charge is 0.405 e. The minimum Gasteiger partial charge on any atom is -0.383 e. The first kappa shape index (κ1) is 21.9. The predicted octanol–water partition coefficient (Wildman–Crippen LogP) is 0.508. The second kappa shape index (κ2) is 8.49. The van der Waals surface area contributed by atoms with E-state index in [-0.39, 0.29) is 36.2 Å². The summed E-state index contributed by atoms with van der Waals surface area (Å²) in [6.07, 6.45) is -3.16. The fraction of sp³-hybridized carbons (Fsp3) is 0.615. The monoisotopic (exact) mass is 403 g/mol. The number of nitrogens with zero attached hydrogens (tertiary/aromatic N) is 2. The number of rotatable bonds is 5. The first-order valence-corrected chi connectivity index (χ1v) is 8.83. The van der Waals surface area contributed by atoms with Gasteiger partial charge in [-0.3, -0.25) is 4.90 Å². The number of piperazine rings is 1. The summed E-state index contributed by atoms with van der Waals surface area (Å²) in [5.41, 5.74) is 6.08. The Morgan fingerprint density at radius 1 is 1.40 bits per heavy atom. The Bertz CT molecular complexity index is 681. The molecule has 0 aromatic carbocycles. The van der Waals surface area contributed by atoms with Crippen molar-refractivity contribution in [3.05, 3.63) is 17.8 Å². The van der Waals surface area contributed by atoms with Crippen LogP contribution in [-0.4, -0.2) is 63.2 Å². The SMILES string of the molecule is Cc1cnc(N)c(S(=O)(=O)NCC(N2CCNCC2)C(F)(F)F)c1.Cl. The molecule has 0 aliphatic carbocycles. The van der Waals surface area contributed by atoms with Crippen LogP contribution in [0.15, 0.2) is 17.2 Å². The molecule has 25 heavy (non-hydrogen) atoms. The molecule has 4 N–H and O–H groups in total. The summed E-state index contributed by atoms with van der Waals surface area (Å²) in [6.45, 7) is 2.08. The minimum absolute atomic E-state index is 0. The van der Waals surface area contributed by atoms with Crippen LogP contribution in [0.4, 0.5) is 19.0 Å². The zero-order valence-electron chi connectivity index (χ0n) is 13.5. The third-order valence-electron chi connectivity index (χ3n) is 3.74. The number of nitrogen functional groups attached to an aromatic ring is 1. The van der Waals surface area contributed by atoms with Gasteiger partial charge in [-0.05, 0) is 18.6 Å². The molecule has 144 valence electrons. The maximum absolute atomic E-state index is 13.3. The van der Waals surface area contributed by atoms with E-state index in [1.807, 2.05) is 4.72 Å². The third-order valence-corrected chi connectivity index (χ3v) is 5.20. The Kier molecular flexibility index (Phi) is 7.44. The Morgan fingerprint density at radius 2 is 2.00 bits per heavy atom. The molecule has 1 saturated heterocycles. The van der Waals surface area contributed by atoms with Crippen molar-refractivity contribution in [3.8, 4) is 0 Å². The van der Waals surface area contributed by atoms with E-state index < -0.39 is 28.8 Å². The third kappa shape index (κ3) is 5.68. The lowest BCUT2D eigenvalue weighted by Crippen LogP contribution is -2.57. The van der Waals surface area contributed by atoms with Gasteiger partial charge < -0.3 is 11.1 Å². The number of aromatic nitrogens is 1. The van der Waals surface area contributed by atoms with E-state index in [0.717, 1.165) is 0 Å². The van der Waals surface area contributed by atoms with Crippen LogP contribution < -0.4 is 15.8 Å². The Balaban J connectivity index is 0.00000312. The molecule has 1 aromatic heterocycles. The van der Waals surface area contributed by atoms with Crippen LogP contribution in [-0.2, 0) is 10.0 Å². The van der Waals surface area contributed by atoms with Crippen molar-refractivity contribution in [3.63, 3.8) is 0 Å². The summed E-state index contributed by atoms with van der Waals surface area (Å²) in [5.74, 6) is -0.251. The summed E-state index contributed by atoms with van der Waals surface area (Å²) in [6, 6.07) is -0.619. The molecule has 1 aromatic rings. The number of alkyl halides is 3. The molecule has 1 atom stereocenters. The average Bonchev–Trinajstić information content (AvgIpc) is 2.49. The van der Waals surface area contributed by atoms with E-state index in [2.05, 4.69) is 10.3 Å². The van der Waals surface area contributed by atoms with Gasteiger partial charge in [0.25, 0.3) is 0 Å². The first-order valence-electron chi connectivity index (χ1n) is 7.34. The van der Waals surface area contributed by atoms with Crippen molar-refractivity contribution in [1.82, 2.24) is 19.9 Å². The van der Waals surface area contributed by atoms with Gasteiger partial charge in [-0.2, -0.15) is 13.2 Å². The molecule has 0 radical (unpaired) electrons. The topological polar surface area (TPSA) is 100 Å². The smallest absolute Gasteiger partial charge is 0.383 e. The van der Waals surface area contributed by atoms with Crippen molar-refractivity contribution < 1.29 is 21.6 Å². The van der Waals surface area contributed by atoms with Crippen LogP contribution >= 0.6 is 12.4 Å². The maximum atomic E-state index is 13.3. The number of aryl methyl sites for hydroxylation is 1. The van der Waals surface area contributed by atoms with Crippen LogP contribution in [0.3, 0.4) is 0 Å². The summed E-state index contributed by atoms with van der Waals surface area (Å²) in [7, 11) is -4.19. The van der Waals surface area contributed by atoms with Gasteiger partial charge in [0.05, 0.1) is 0 Å². The molecule has 12 heteroatoms. The van der Waals surface area contributed by atoms with Crippen LogP contribution in [0, 0.1) is 6.92 Å². The average molecular weight is 404 g/mol. The molecule has 1 unspecified atom stereocenters. The molecular formula is C13H21ClF3N5O2S. The lowest BCUT2D eigenvalue weighted by atomic mass is 10.2. The van der Waals surface area contributed by atoms with Crippen molar-refractivity contribution in [2.75, 3.05) is 38.5 Å². The molecule has 2 heterocycles. The summed E-state index contributed by atoms with van der Waals surface area (Å²) < 4.78 is 66.5. The van der Waals surface area contributed by atoms with Crippen molar-refractivity contribution in [2.45, 2.75) is 24.0 Å². The molecule has 1 fully saturated rings. The number of nitrogens with one attached hydrogen (secondary N) is 2. The molecule has 0 bridgehead atoms. The number of pyridine rings is 1. The van der Waals surface area contributed by atoms with Crippen LogP contribution in [0.25, 0.3) is 0 Å². The number of halogens is 4. The van der Waals surface area contributed by atoms with Gasteiger partial charge in [0, 0.05) is 38.9 Å². The summed E-state index contributed by atoms with van der Waals surface area (Å²) in [5, 5.41) is 2.96. The van der Waals surface area contributed by atoms with Crippen LogP contribution in [0.2, 0.25) is 0 Å². The van der Waals surface area contributed by atoms with E-state index in [1.54, 1.807) is 6.92 Å². The van der Waals surface area contributed by atoms with Gasteiger partial charge in [0.15, 0.2) is 0 Å². The highest BCUT2D eigenvalue weighted by Gasteiger charge is 2.44. The minimum atomic E-state index is -4.55. The standard InChI is InChI=1S/C13H20F3N5O2S.ClH/c1-9-6-10(12(17)19-7-9)24(22,23)20-8-11(13(14,15)16)21-4-2-18-3-5-21;/h6-7,11,18,20H,2-5,8H2,1H3,(H2,17,19);1H. The van der Waals surface area contributed by atoms with Crippen LogP contribution in [0.5, 0.6) is 0 Å². The fourth-order valence-electron chi connectivity index (χ4n) is 2.48. The van der Waals surface area contributed by atoms with Gasteiger partial charge in [-0.15, -0.1) is 12.4 Å². The van der Waals surface area contributed by atoms with E-state index in [0.29, 0.717) is 18.7 Å².